The van der Waals surface area contributed by atoms with Gasteiger partial charge < -0.3 is 0 Å². The quantitative estimate of drug-likeness (QED) is 0.772. The number of nitrogens with zero attached hydrogens (tertiary/aromatic N) is 1. The van der Waals surface area contributed by atoms with Gasteiger partial charge in [0.25, 0.3) is 0 Å². The van der Waals surface area contributed by atoms with E-state index >= 15 is 0 Å². The highest BCUT2D eigenvalue weighted by Crippen LogP contribution is 2.29. The lowest BCUT2D eigenvalue weighted by atomic mass is 10.1. The van der Waals surface area contributed by atoms with E-state index in [0.717, 1.165) is 0 Å². The Balaban J connectivity index is 1.89. The minimum absolute atomic E-state index is 0.388. The minimum atomic E-state index is 0.388. The van der Waals surface area contributed by atoms with Crippen LogP contribution in [0.3, 0.4) is 0 Å². The van der Waals surface area contributed by atoms with Crippen molar-refractivity contribution in [3.8, 4) is 0 Å². The highest BCUT2D eigenvalue weighted by Gasteiger charge is 2.31. The molecule has 1 aliphatic rings. The van der Waals surface area contributed by atoms with Gasteiger partial charge in [0, 0.05) is 23.7 Å². The molecule has 1 heterocycles. The standard InChI is InChI=1S/C13H19NS/c1-13(2)10-15-11-14(13)9-8-12-6-4-3-5-7-12/h3-7H,8-11H2,1-2H3. The van der Waals surface area contributed by atoms with Crippen molar-refractivity contribution < 1.29 is 0 Å². The summed E-state index contributed by atoms with van der Waals surface area (Å²) in [5.41, 5.74) is 1.84. The van der Waals surface area contributed by atoms with Gasteiger partial charge in [-0.3, -0.25) is 4.90 Å². The van der Waals surface area contributed by atoms with Gasteiger partial charge in [0.05, 0.1) is 0 Å². The normalized spacial score (nSPS) is 20.7. The van der Waals surface area contributed by atoms with E-state index in [9.17, 15) is 0 Å². The van der Waals surface area contributed by atoms with E-state index in [-0.39, 0.29) is 0 Å². The molecule has 0 unspecified atom stereocenters. The molecular weight excluding hydrogens is 202 g/mol. The molecule has 0 N–H and O–H groups in total. The fraction of sp³-hybridized carbons (Fsp3) is 0.538. The first-order valence-corrected chi connectivity index (χ1v) is 6.71. The lowest BCUT2D eigenvalue weighted by Gasteiger charge is -2.30. The van der Waals surface area contributed by atoms with Crippen LogP contribution >= 0.6 is 11.8 Å². The summed E-state index contributed by atoms with van der Waals surface area (Å²) in [6.07, 6.45) is 1.17. The van der Waals surface area contributed by atoms with Gasteiger partial charge in [-0.1, -0.05) is 30.3 Å². The third kappa shape index (κ3) is 2.76. The first-order valence-electron chi connectivity index (χ1n) is 5.55. The summed E-state index contributed by atoms with van der Waals surface area (Å²) >= 11 is 2.05. The molecule has 15 heavy (non-hydrogen) atoms. The van der Waals surface area contributed by atoms with E-state index in [1.54, 1.807) is 0 Å². The van der Waals surface area contributed by atoms with E-state index < -0.39 is 0 Å². The first kappa shape index (κ1) is 11.0. The molecule has 1 aliphatic heterocycles. The van der Waals surface area contributed by atoms with Crippen molar-refractivity contribution in [2.24, 2.45) is 0 Å². The van der Waals surface area contributed by atoms with Gasteiger partial charge in [-0.25, -0.2) is 0 Å². The van der Waals surface area contributed by atoms with Crippen molar-refractivity contribution >= 4 is 11.8 Å². The molecule has 2 rings (SSSR count). The summed E-state index contributed by atoms with van der Waals surface area (Å²) in [5, 5.41) is 0. The van der Waals surface area contributed by atoms with Crippen molar-refractivity contribution in [1.82, 2.24) is 4.90 Å². The Kier molecular flexibility index (Phi) is 3.37. The molecule has 0 spiro atoms. The van der Waals surface area contributed by atoms with Crippen LogP contribution in [0.4, 0.5) is 0 Å². The average Bonchev–Trinajstić information content (AvgIpc) is 2.56. The van der Waals surface area contributed by atoms with Gasteiger partial charge in [-0.05, 0) is 25.8 Å². The monoisotopic (exact) mass is 221 g/mol. The molecule has 1 fully saturated rings. The number of benzene rings is 1. The van der Waals surface area contributed by atoms with Crippen molar-refractivity contribution in [3.05, 3.63) is 35.9 Å². The summed E-state index contributed by atoms with van der Waals surface area (Å²) in [6.45, 7) is 5.88. The summed E-state index contributed by atoms with van der Waals surface area (Å²) < 4.78 is 0. The third-order valence-corrected chi connectivity index (χ3v) is 4.48. The molecule has 0 saturated carbocycles. The summed E-state index contributed by atoms with van der Waals surface area (Å²) in [7, 11) is 0. The molecule has 0 atom stereocenters. The molecule has 82 valence electrons. The topological polar surface area (TPSA) is 3.24 Å². The Morgan fingerprint density at radius 2 is 2.00 bits per heavy atom. The van der Waals surface area contributed by atoms with Gasteiger partial charge in [0.2, 0.25) is 0 Å². The maximum atomic E-state index is 2.59. The largest absolute Gasteiger partial charge is 0.288 e. The fourth-order valence-electron chi connectivity index (χ4n) is 1.95. The molecule has 0 aliphatic carbocycles. The van der Waals surface area contributed by atoms with E-state index in [2.05, 4.69) is 60.8 Å². The average molecular weight is 221 g/mol. The Hall–Kier alpha value is -0.470. The second-order valence-corrected chi connectivity index (χ2v) is 5.74. The van der Waals surface area contributed by atoms with Crippen LogP contribution in [0.5, 0.6) is 0 Å². The highest BCUT2D eigenvalue weighted by atomic mass is 32.2. The molecule has 1 aromatic carbocycles. The van der Waals surface area contributed by atoms with E-state index in [1.165, 1.54) is 30.2 Å². The van der Waals surface area contributed by atoms with Gasteiger partial charge in [-0.15, -0.1) is 11.8 Å². The number of hydrogen-bond acceptors (Lipinski definition) is 2. The fourth-order valence-corrected chi connectivity index (χ4v) is 3.42. The van der Waals surface area contributed by atoms with Gasteiger partial charge >= 0.3 is 0 Å². The molecule has 0 aromatic heterocycles. The summed E-state index contributed by atoms with van der Waals surface area (Å²) in [4.78, 5) is 2.59. The Labute approximate surface area is 96.9 Å². The predicted octanol–water partition coefficient (Wildman–Crippen LogP) is 3.01. The highest BCUT2D eigenvalue weighted by molar-refractivity contribution is 7.99. The second-order valence-electron chi connectivity index (χ2n) is 4.79. The van der Waals surface area contributed by atoms with E-state index in [1.807, 2.05) is 0 Å². The Bertz CT molecular complexity index is 308. The zero-order chi connectivity index (χ0) is 10.7. The van der Waals surface area contributed by atoms with Crippen molar-refractivity contribution in [2.75, 3.05) is 18.2 Å². The molecular formula is C13H19NS. The summed E-state index contributed by atoms with van der Waals surface area (Å²) in [5.74, 6) is 2.46. The van der Waals surface area contributed by atoms with Gasteiger partial charge in [-0.2, -0.15) is 0 Å². The lowest BCUT2D eigenvalue weighted by molar-refractivity contribution is 0.188. The molecule has 0 bridgehead atoms. The SMILES string of the molecule is CC1(C)CSCN1CCc1ccccc1. The van der Waals surface area contributed by atoms with Gasteiger partial charge in [0.15, 0.2) is 0 Å². The first-order chi connectivity index (χ1) is 7.18. The maximum absolute atomic E-state index is 2.59. The van der Waals surface area contributed by atoms with Crippen molar-refractivity contribution in [1.29, 1.82) is 0 Å². The number of thioether (sulfide) groups is 1. The van der Waals surface area contributed by atoms with Crippen LogP contribution in [0.2, 0.25) is 0 Å². The molecule has 1 nitrogen and oxygen atoms in total. The lowest BCUT2D eigenvalue weighted by Crippen LogP contribution is -2.41. The van der Waals surface area contributed by atoms with Crippen LogP contribution < -0.4 is 0 Å². The van der Waals surface area contributed by atoms with Gasteiger partial charge in [0.1, 0.15) is 0 Å². The maximum Gasteiger partial charge on any atom is 0.0450 e. The number of hydrogen-bond donors (Lipinski definition) is 0. The Morgan fingerprint density at radius 3 is 2.60 bits per heavy atom. The minimum Gasteiger partial charge on any atom is -0.288 e. The molecule has 0 radical (unpaired) electrons. The summed E-state index contributed by atoms with van der Waals surface area (Å²) in [6, 6.07) is 10.8. The van der Waals surface area contributed by atoms with Crippen molar-refractivity contribution in [3.63, 3.8) is 0 Å². The Morgan fingerprint density at radius 1 is 1.27 bits per heavy atom. The third-order valence-electron chi connectivity index (χ3n) is 3.07. The predicted molar refractivity (Wildman–Crippen MR) is 68.3 cm³/mol. The van der Waals surface area contributed by atoms with Crippen LogP contribution in [0.15, 0.2) is 30.3 Å². The van der Waals surface area contributed by atoms with E-state index in [4.69, 9.17) is 0 Å². The van der Waals surface area contributed by atoms with Crippen LogP contribution in [-0.2, 0) is 6.42 Å². The smallest absolute Gasteiger partial charge is 0.0450 e. The van der Waals surface area contributed by atoms with Crippen LogP contribution in [0, 0.1) is 0 Å². The molecule has 0 amide bonds. The number of rotatable bonds is 3. The van der Waals surface area contributed by atoms with Crippen LogP contribution in [-0.4, -0.2) is 28.6 Å². The zero-order valence-corrected chi connectivity index (χ0v) is 10.4. The van der Waals surface area contributed by atoms with Crippen LogP contribution in [0.1, 0.15) is 19.4 Å². The zero-order valence-electron chi connectivity index (χ0n) is 9.57. The molecule has 1 saturated heterocycles. The van der Waals surface area contributed by atoms with E-state index in [0.29, 0.717) is 5.54 Å². The van der Waals surface area contributed by atoms with Crippen LogP contribution in [0.25, 0.3) is 0 Å². The molecule has 2 heteroatoms. The second kappa shape index (κ2) is 4.58. The van der Waals surface area contributed by atoms with Crippen molar-refractivity contribution in [2.45, 2.75) is 25.8 Å². The molecule has 1 aromatic rings.